The minimum atomic E-state index is -0.475. The van der Waals surface area contributed by atoms with Crippen molar-refractivity contribution in [3.63, 3.8) is 0 Å². The summed E-state index contributed by atoms with van der Waals surface area (Å²) in [5.41, 5.74) is 2.34. The lowest BCUT2D eigenvalue weighted by Crippen LogP contribution is -2.03. The molecule has 0 aliphatic heterocycles. The third-order valence-electron chi connectivity index (χ3n) is 3.66. The number of carbonyl (C=O) groups excluding carboxylic acids is 1. The van der Waals surface area contributed by atoms with Gasteiger partial charge in [0.1, 0.15) is 11.3 Å². The van der Waals surface area contributed by atoms with Crippen molar-refractivity contribution in [1.82, 2.24) is 4.98 Å². The quantitative estimate of drug-likeness (QED) is 0.569. The first-order chi connectivity index (χ1) is 11.6. The highest BCUT2D eigenvalue weighted by Crippen LogP contribution is 2.28. The third kappa shape index (κ3) is 2.81. The number of H-pyrrole nitrogens is 1. The van der Waals surface area contributed by atoms with Gasteiger partial charge < -0.3 is 19.6 Å². The lowest BCUT2D eigenvalue weighted by atomic mass is 10.1. The maximum Gasteiger partial charge on any atom is 0.341 e. The number of para-hydroxylation sites is 1. The Bertz CT molecular complexity index is 928. The number of benzene rings is 2. The number of hydrogen-bond donors (Lipinski definition) is 2. The zero-order chi connectivity index (χ0) is 17.1. The van der Waals surface area contributed by atoms with E-state index in [-0.39, 0.29) is 5.88 Å². The number of methoxy groups -OCH3 is 2. The van der Waals surface area contributed by atoms with Crippen LogP contribution in [0.25, 0.3) is 10.9 Å². The molecule has 122 valence electrons. The van der Waals surface area contributed by atoms with Crippen LogP contribution < -0.4 is 4.74 Å². The molecule has 0 bridgehead atoms. The van der Waals surface area contributed by atoms with Gasteiger partial charge in [-0.3, -0.25) is 4.99 Å². The summed E-state index contributed by atoms with van der Waals surface area (Å²) in [4.78, 5) is 18.9. The summed E-state index contributed by atoms with van der Waals surface area (Å²) in [5.74, 6) is -0.0469. The molecule has 2 aromatic carbocycles. The van der Waals surface area contributed by atoms with E-state index in [1.165, 1.54) is 14.2 Å². The third-order valence-corrected chi connectivity index (χ3v) is 3.66. The van der Waals surface area contributed by atoms with Crippen molar-refractivity contribution < 1.29 is 19.4 Å². The smallest absolute Gasteiger partial charge is 0.341 e. The van der Waals surface area contributed by atoms with Gasteiger partial charge in [-0.05, 0) is 18.2 Å². The first-order valence-electron chi connectivity index (χ1n) is 7.24. The molecule has 0 radical (unpaired) electrons. The van der Waals surface area contributed by atoms with Crippen LogP contribution in [0.3, 0.4) is 0 Å². The number of nitrogens with zero attached hydrogens (tertiary/aromatic N) is 1. The molecule has 24 heavy (non-hydrogen) atoms. The van der Waals surface area contributed by atoms with Gasteiger partial charge in [0, 0.05) is 23.2 Å². The molecule has 6 heteroatoms. The number of aromatic nitrogens is 1. The largest absolute Gasteiger partial charge is 0.496 e. The van der Waals surface area contributed by atoms with Crippen molar-refractivity contribution in [3.05, 3.63) is 53.6 Å². The fraction of sp³-hybridized carbons (Fsp3) is 0.111. The molecule has 0 fully saturated rings. The van der Waals surface area contributed by atoms with Gasteiger partial charge in [-0.2, -0.15) is 0 Å². The molecule has 0 aliphatic rings. The van der Waals surface area contributed by atoms with Gasteiger partial charge in [0.2, 0.25) is 0 Å². The second kappa shape index (κ2) is 6.45. The Kier molecular flexibility index (Phi) is 4.20. The standard InChI is InChI=1S/C18H16N2O4/c1-23-16-9-11(7-8-13(16)18(22)24-2)19-10-14-12-5-3-4-6-15(12)20-17(14)21/h3-10,20-21H,1-2H3. The molecule has 0 unspecified atom stereocenters. The Morgan fingerprint density at radius 2 is 2.00 bits per heavy atom. The molecule has 0 atom stereocenters. The molecule has 0 spiro atoms. The van der Waals surface area contributed by atoms with Gasteiger partial charge in [0.15, 0.2) is 5.88 Å². The van der Waals surface area contributed by atoms with Crippen LogP contribution in [0.5, 0.6) is 11.6 Å². The minimum absolute atomic E-state index is 0.0538. The van der Waals surface area contributed by atoms with Gasteiger partial charge >= 0.3 is 5.97 Å². The van der Waals surface area contributed by atoms with E-state index in [0.29, 0.717) is 22.6 Å². The van der Waals surface area contributed by atoms with Crippen LogP contribution in [0, 0.1) is 0 Å². The van der Waals surface area contributed by atoms with Crippen molar-refractivity contribution in [1.29, 1.82) is 0 Å². The zero-order valence-corrected chi connectivity index (χ0v) is 13.2. The van der Waals surface area contributed by atoms with Gasteiger partial charge in [0.05, 0.1) is 25.5 Å². The lowest BCUT2D eigenvalue weighted by molar-refractivity contribution is 0.0597. The van der Waals surface area contributed by atoms with E-state index in [4.69, 9.17) is 9.47 Å². The predicted octanol–water partition coefficient (Wildman–Crippen LogP) is 3.42. The molecule has 0 saturated carbocycles. The molecule has 0 saturated heterocycles. The molecular weight excluding hydrogens is 308 g/mol. The van der Waals surface area contributed by atoms with Crippen LogP contribution in [0.15, 0.2) is 47.5 Å². The van der Waals surface area contributed by atoms with E-state index in [9.17, 15) is 9.90 Å². The number of nitrogens with one attached hydrogen (secondary N) is 1. The Morgan fingerprint density at radius 3 is 2.75 bits per heavy atom. The monoisotopic (exact) mass is 324 g/mol. The molecule has 2 N–H and O–H groups in total. The van der Waals surface area contributed by atoms with Crippen molar-refractivity contribution >= 4 is 28.8 Å². The molecule has 0 amide bonds. The van der Waals surface area contributed by atoms with Crippen LogP contribution in [-0.4, -0.2) is 36.5 Å². The van der Waals surface area contributed by atoms with Gasteiger partial charge in [-0.15, -0.1) is 0 Å². The van der Waals surface area contributed by atoms with Crippen LogP contribution >= 0.6 is 0 Å². The first-order valence-corrected chi connectivity index (χ1v) is 7.24. The summed E-state index contributed by atoms with van der Waals surface area (Å²) >= 11 is 0. The maximum atomic E-state index is 11.7. The Labute approximate surface area is 138 Å². The van der Waals surface area contributed by atoms with Crippen molar-refractivity contribution in [2.75, 3.05) is 14.2 Å². The van der Waals surface area contributed by atoms with E-state index < -0.39 is 5.97 Å². The number of carbonyl (C=O) groups is 1. The number of hydrogen-bond acceptors (Lipinski definition) is 5. The highest BCUT2D eigenvalue weighted by atomic mass is 16.5. The second-order valence-electron chi connectivity index (χ2n) is 5.07. The summed E-state index contributed by atoms with van der Waals surface area (Å²) in [6.07, 6.45) is 1.57. The first kappa shape index (κ1) is 15.6. The van der Waals surface area contributed by atoms with E-state index in [1.807, 2.05) is 24.3 Å². The molecular formula is C18H16N2O4. The number of esters is 1. The summed E-state index contributed by atoms with van der Waals surface area (Å²) in [5, 5.41) is 10.9. The summed E-state index contributed by atoms with van der Waals surface area (Å²) < 4.78 is 9.92. The average molecular weight is 324 g/mol. The van der Waals surface area contributed by atoms with Crippen LogP contribution in [-0.2, 0) is 4.74 Å². The number of aromatic hydroxyl groups is 1. The predicted molar refractivity (Wildman–Crippen MR) is 91.6 cm³/mol. The topological polar surface area (TPSA) is 83.9 Å². The van der Waals surface area contributed by atoms with Crippen molar-refractivity contribution in [3.8, 4) is 11.6 Å². The summed E-state index contributed by atoms with van der Waals surface area (Å²) in [6, 6.07) is 12.4. The zero-order valence-electron chi connectivity index (χ0n) is 13.2. The van der Waals surface area contributed by atoms with Crippen molar-refractivity contribution in [2.45, 2.75) is 0 Å². The van der Waals surface area contributed by atoms with E-state index in [1.54, 1.807) is 24.4 Å². The van der Waals surface area contributed by atoms with E-state index >= 15 is 0 Å². The molecule has 1 heterocycles. The molecule has 1 aromatic heterocycles. The highest BCUT2D eigenvalue weighted by Gasteiger charge is 2.13. The second-order valence-corrected chi connectivity index (χ2v) is 5.07. The molecule has 3 rings (SSSR count). The fourth-order valence-corrected chi connectivity index (χ4v) is 2.46. The number of aliphatic imine (C=N–C) groups is 1. The SMILES string of the molecule is COC(=O)c1ccc(N=Cc2c(O)[nH]c3ccccc23)cc1OC. The molecule has 0 aliphatic carbocycles. The number of rotatable bonds is 4. The molecule has 3 aromatic rings. The number of aromatic amines is 1. The van der Waals surface area contributed by atoms with Gasteiger partial charge in [-0.1, -0.05) is 18.2 Å². The van der Waals surface area contributed by atoms with Crippen LogP contribution in [0.4, 0.5) is 5.69 Å². The number of fused-ring (bicyclic) bond motifs is 1. The maximum absolute atomic E-state index is 11.7. The average Bonchev–Trinajstić information content (AvgIpc) is 2.94. The summed E-state index contributed by atoms with van der Waals surface area (Å²) in [6.45, 7) is 0. The van der Waals surface area contributed by atoms with Crippen LogP contribution in [0.2, 0.25) is 0 Å². The van der Waals surface area contributed by atoms with Gasteiger partial charge in [-0.25, -0.2) is 4.79 Å². The normalized spacial score (nSPS) is 11.1. The van der Waals surface area contributed by atoms with Crippen molar-refractivity contribution in [2.24, 2.45) is 4.99 Å². The lowest BCUT2D eigenvalue weighted by Gasteiger charge is -2.07. The highest BCUT2D eigenvalue weighted by molar-refractivity contribution is 6.02. The Hall–Kier alpha value is -3.28. The number of ether oxygens (including phenoxy) is 2. The minimum Gasteiger partial charge on any atom is -0.496 e. The Balaban J connectivity index is 1.97. The van der Waals surface area contributed by atoms with E-state index in [0.717, 1.165) is 10.9 Å². The van der Waals surface area contributed by atoms with Gasteiger partial charge in [0.25, 0.3) is 0 Å². The Morgan fingerprint density at radius 1 is 1.21 bits per heavy atom. The molecule has 6 nitrogen and oxygen atoms in total. The van der Waals surface area contributed by atoms with Crippen LogP contribution in [0.1, 0.15) is 15.9 Å². The summed E-state index contributed by atoms with van der Waals surface area (Å²) in [7, 11) is 2.79. The fourth-order valence-electron chi connectivity index (χ4n) is 2.46. The van der Waals surface area contributed by atoms with E-state index in [2.05, 4.69) is 9.98 Å².